The van der Waals surface area contributed by atoms with Gasteiger partial charge >= 0.3 is 0 Å². The number of carbonyl (C=O) groups excluding carboxylic acids is 1. The summed E-state index contributed by atoms with van der Waals surface area (Å²) in [5.74, 6) is 1.63. The van der Waals surface area contributed by atoms with Crippen LogP contribution in [0.15, 0.2) is 47.3 Å². The minimum Gasteiger partial charge on any atom is -0.484 e. The number of likely N-dealkylation sites (tertiary alicyclic amines) is 1. The molecule has 154 valence electrons. The Bertz CT molecular complexity index is 1140. The number of rotatable bonds is 4. The Labute approximate surface area is 172 Å². The molecular weight excluding hydrogens is 384 g/mol. The minimum absolute atomic E-state index is 0.0101. The molecule has 2 bridgehead atoms. The Kier molecular flexibility index (Phi) is 4.57. The van der Waals surface area contributed by atoms with Gasteiger partial charge in [-0.25, -0.2) is 0 Å². The monoisotopic (exact) mass is 406 g/mol. The van der Waals surface area contributed by atoms with Gasteiger partial charge in [0, 0.05) is 42.9 Å². The van der Waals surface area contributed by atoms with Crippen molar-refractivity contribution < 1.29 is 9.53 Å². The van der Waals surface area contributed by atoms with Gasteiger partial charge in [-0.15, -0.1) is 10.2 Å². The molecule has 5 rings (SSSR count). The van der Waals surface area contributed by atoms with Gasteiger partial charge in [-0.1, -0.05) is 6.07 Å². The van der Waals surface area contributed by atoms with E-state index in [1.165, 1.54) is 4.80 Å². The van der Waals surface area contributed by atoms with E-state index in [1.54, 1.807) is 31.3 Å². The number of nitrogens with zero attached hydrogens (tertiary/aromatic N) is 6. The summed E-state index contributed by atoms with van der Waals surface area (Å²) < 4.78 is 7.59. The Morgan fingerprint density at radius 1 is 1.13 bits per heavy atom. The van der Waals surface area contributed by atoms with Gasteiger partial charge in [0.25, 0.3) is 11.5 Å². The van der Waals surface area contributed by atoms with Crippen LogP contribution in [0.5, 0.6) is 5.75 Å². The lowest BCUT2D eigenvalue weighted by Crippen LogP contribution is -2.50. The predicted molar refractivity (Wildman–Crippen MR) is 108 cm³/mol. The number of benzene rings is 1. The summed E-state index contributed by atoms with van der Waals surface area (Å²) in [4.78, 5) is 28.2. The second kappa shape index (κ2) is 7.40. The largest absolute Gasteiger partial charge is 0.484 e. The Hall–Kier alpha value is -3.49. The van der Waals surface area contributed by atoms with E-state index < -0.39 is 0 Å². The van der Waals surface area contributed by atoms with E-state index in [4.69, 9.17) is 4.74 Å². The lowest BCUT2D eigenvalue weighted by molar-refractivity contribution is -0.136. The van der Waals surface area contributed by atoms with Crippen molar-refractivity contribution in [3.8, 4) is 17.1 Å². The molecule has 2 aliphatic heterocycles. The van der Waals surface area contributed by atoms with Crippen LogP contribution in [0, 0.1) is 5.92 Å². The number of piperidine rings is 1. The van der Waals surface area contributed by atoms with Crippen molar-refractivity contribution in [1.82, 2.24) is 29.7 Å². The summed E-state index contributed by atoms with van der Waals surface area (Å²) in [6.07, 6.45) is 1.02. The standard InChI is InChI=1S/C21H22N6O3/c1-25-23-21(22-24-25)15-5-7-17(8-6-15)30-13-20(29)26-10-14-9-16(12-26)18-3-2-4-19(28)27(18)11-14/h2-8,14,16H,9-13H2,1H3. The van der Waals surface area contributed by atoms with E-state index >= 15 is 0 Å². The molecule has 9 heteroatoms. The summed E-state index contributed by atoms with van der Waals surface area (Å²) in [6.45, 7) is 1.95. The lowest BCUT2D eigenvalue weighted by Gasteiger charge is -2.42. The molecule has 1 fully saturated rings. The van der Waals surface area contributed by atoms with E-state index in [0.717, 1.165) is 17.7 Å². The molecular formula is C21H22N6O3. The van der Waals surface area contributed by atoms with Crippen LogP contribution in [-0.4, -0.2) is 55.3 Å². The normalized spacial score (nSPS) is 20.0. The maximum Gasteiger partial charge on any atom is 0.260 e. The second-order valence-corrected chi connectivity index (χ2v) is 7.91. The van der Waals surface area contributed by atoms with Gasteiger partial charge in [-0.3, -0.25) is 9.59 Å². The number of amides is 1. The fourth-order valence-corrected chi connectivity index (χ4v) is 4.44. The topological polar surface area (TPSA) is 95.1 Å². The van der Waals surface area contributed by atoms with Crippen LogP contribution in [-0.2, 0) is 18.4 Å². The molecule has 2 atom stereocenters. The fraction of sp³-hybridized carbons (Fsp3) is 0.381. The van der Waals surface area contributed by atoms with E-state index in [2.05, 4.69) is 15.4 Å². The molecule has 0 radical (unpaired) electrons. The van der Waals surface area contributed by atoms with E-state index in [9.17, 15) is 9.59 Å². The highest BCUT2D eigenvalue weighted by Gasteiger charge is 2.36. The molecule has 1 aromatic carbocycles. The number of carbonyl (C=O) groups is 1. The van der Waals surface area contributed by atoms with Crippen molar-refractivity contribution in [2.75, 3.05) is 19.7 Å². The van der Waals surface area contributed by atoms with Crippen molar-refractivity contribution in [3.63, 3.8) is 0 Å². The second-order valence-electron chi connectivity index (χ2n) is 7.91. The average Bonchev–Trinajstić information content (AvgIpc) is 3.19. The zero-order chi connectivity index (χ0) is 20.7. The van der Waals surface area contributed by atoms with Gasteiger partial charge < -0.3 is 14.2 Å². The SMILES string of the molecule is Cn1nnc(-c2ccc(OCC(=O)N3CC4CC(C3)c3cccc(=O)n3C4)cc2)n1. The number of hydrogen-bond donors (Lipinski definition) is 0. The molecule has 0 aliphatic carbocycles. The molecule has 0 spiro atoms. The summed E-state index contributed by atoms with van der Waals surface area (Å²) in [5.41, 5.74) is 1.91. The number of ether oxygens (including phenoxy) is 1. The molecule has 2 aromatic heterocycles. The molecule has 4 heterocycles. The Balaban J connectivity index is 1.22. The summed E-state index contributed by atoms with van der Waals surface area (Å²) in [5, 5.41) is 12.0. The maximum atomic E-state index is 12.8. The van der Waals surface area contributed by atoms with Gasteiger partial charge in [0.05, 0.1) is 7.05 Å². The first-order valence-corrected chi connectivity index (χ1v) is 10.0. The third-order valence-corrected chi connectivity index (χ3v) is 5.82. The predicted octanol–water partition coefficient (Wildman–Crippen LogP) is 1.06. The number of aromatic nitrogens is 5. The first kappa shape index (κ1) is 18.5. The van der Waals surface area contributed by atoms with Crippen molar-refractivity contribution in [3.05, 3.63) is 58.5 Å². The smallest absolute Gasteiger partial charge is 0.260 e. The highest BCUT2D eigenvalue weighted by molar-refractivity contribution is 5.78. The molecule has 1 saturated heterocycles. The highest BCUT2D eigenvalue weighted by Crippen LogP contribution is 2.35. The molecule has 0 N–H and O–H groups in total. The first-order valence-electron chi connectivity index (χ1n) is 10.0. The third-order valence-electron chi connectivity index (χ3n) is 5.82. The molecule has 9 nitrogen and oxygen atoms in total. The van der Waals surface area contributed by atoms with Crippen molar-refractivity contribution in [2.45, 2.75) is 18.9 Å². The van der Waals surface area contributed by atoms with Gasteiger partial charge in [0.2, 0.25) is 5.82 Å². The molecule has 30 heavy (non-hydrogen) atoms. The van der Waals surface area contributed by atoms with E-state index in [-0.39, 0.29) is 24.0 Å². The summed E-state index contributed by atoms with van der Waals surface area (Å²) >= 11 is 0. The maximum absolute atomic E-state index is 12.8. The first-order chi connectivity index (χ1) is 14.6. The lowest BCUT2D eigenvalue weighted by atomic mass is 9.83. The molecule has 2 unspecified atom stereocenters. The fourth-order valence-electron chi connectivity index (χ4n) is 4.44. The number of pyridine rings is 1. The van der Waals surface area contributed by atoms with Gasteiger partial charge in [0.15, 0.2) is 6.61 Å². The summed E-state index contributed by atoms with van der Waals surface area (Å²) in [6, 6.07) is 12.7. The van der Waals surface area contributed by atoms with Gasteiger partial charge in [-0.2, -0.15) is 4.80 Å². The molecule has 1 amide bonds. The molecule has 2 aliphatic rings. The molecule has 0 saturated carbocycles. The number of fused-ring (bicyclic) bond motifs is 4. The van der Waals surface area contributed by atoms with Crippen LogP contribution in [0.1, 0.15) is 18.0 Å². The van der Waals surface area contributed by atoms with Crippen molar-refractivity contribution in [2.24, 2.45) is 13.0 Å². The highest BCUT2D eigenvalue weighted by atomic mass is 16.5. The number of tetrazole rings is 1. The van der Waals surface area contributed by atoms with Crippen LogP contribution in [0.25, 0.3) is 11.4 Å². The Morgan fingerprint density at radius 3 is 2.73 bits per heavy atom. The van der Waals surface area contributed by atoms with Crippen LogP contribution in [0.3, 0.4) is 0 Å². The van der Waals surface area contributed by atoms with Crippen molar-refractivity contribution in [1.29, 1.82) is 0 Å². The minimum atomic E-state index is -0.0314. The van der Waals surface area contributed by atoms with Crippen molar-refractivity contribution >= 4 is 5.91 Å². The van der Waals surface area contributed by atoms with Crippen LogP contribution < -0.4 is 10.3 Å². The average molecular weight is 406 g/mol. The number of hydrogen-bond acceptors (Lipinski definition) is 6. The third kappa shape index (κ3) is 3.47. The van der Waals surface area contributed by atoms with Gasteiger partial charge in [-0.05, 0) is 47.9 Å². The van der Waals surface area contributed by atoms with Crippen LogP contribution >= 0.6 is 0 Å². The van der Waals surface area contributed by atoms with E-state index in [0.29, 0.717) is 37.1 Å². The zero-order valence-electron chi connectivity index (χ0n) is 16.6. The summed E-state index contributed by atoms with van der Waals surface area (Å²) in [7, 11) is 1.71. The number of aryl methyl sites for hydroxylation is 1. The van der Waals surface area contributed by atoms with E-state index in [1.807, 2.05) is 27.7 Å². The van der Waals surface area contributed by atoms with Crippen LogP contribution in [0.4, 0.5) is 0 Å². The van der Waals surface area contributed by atoms with Gasteiger partial charge in [0.1, 0.15) is 5.75 Å². The zero-order valence-corrected chi connectivity index (χ0v) is 16.6. The Morgan fingerprint density at radius 2 is 1.97 bits per heavy atom. The van der Waals surface area contributed by atoms with Crippen LogP contribution in [0.2, 0.25) is 0 Å². The quantitative estimate of drug-likeness (QED) is 0.643. The molecule has 3 aromatic rings.